The zero-order valence-electron chi connectivity index (χ0n) is 13.4. The number of aliphatic hydroxyl groups excluding tert-OH is 1. The van der Waals surface area contributed by atoms with Gasteiger partial charge in [0, 0.05) is 17.7 Å². The lowest BCUT2D eigenvalue weighted by Crippen LogP contribution is -2.32. The summed E-state index contributed by atoms with van der Waals surface area (Å²) in [6.07, 6.45) is 1.06. The molecule has 0 fully saturated rings. The van der Waals surface area contributed by atoms with Gasteiger partial charge < -0.3 is 15.2 Å². The van der Waals surface area contributed by atoms with E-state index in [1.807, 2.05) is 55.5 Å². The molecular formula is C19H23NO3. The van der Waals surface area contributed by atoms with Crippen LogP contribution in [0.3, 0.4) is 0 Å². The number of hydrogen-bond donors (Lipinski definition) is 2. The van der Waals surface area contributed by atoms with Crippen molar-refractivity contribution < 1.29 is 14.6 Å². The molecule has 0 aromatic heterocycles. The summed E-state index contributed by atoms with van der Waals surface area (Å²) in [5.74, 6) is 0.577. The highest BCUT2D eigenvalue weighted by molar-refractivity contribution is 5.95. The van der Waals surface area contributed by atoms with E-state index < -0.39 is 6.10 Å². The van der Waals surface area contributed by atoms with Gasteiger partial charge in [-0.2, -0.15) is 0 Å². The van der Waals surface area contributed by atoms with Crippen molar-refractivity contribution in [3.63, 3.8) is 0 Å². The Morgan fingerprint density at radius 2 is 1.83 bits per heavy atom. The number of rotatable bonds is 8. The van der Waals surface area contributed by atoms with E-state index in [2.05, 4.69) is 5.32 Å². The number of nitrogens with one attached hydrogen (secondary N) is 1. The van der Waals surface area contributed by atoms with E-state index in [9.17, 15) is 9.90 Å². The molecule has 0 radical (unpaired) electrons. The average Bonchev–Trinajstić information content (AvgIpc) is 2.59. The van der Waals surface area contributed by atoms with Crippen LogP contribution in [0.2, 0.25) is 0 Å². The Kier molecular flexibility index (Phi) is 6.63. The highest BCUT2D eigenvalue weighted by atomic mass is 16.5. The summed E-state index contributed by atoms with van der Waals surface area (Å²) >= 11 is 0. The lowest BCUT2D eigenvalue weighted by atomic mass is 10.1. The van der Waals surface area contributed by atoms with Crippen LogP contribution in [-0.4, -0.2) is 23.7 Å². The van der Waals surface area contributed by atoms with Gasteiger partial charge in [0.15, 0.2) is 0 Å². The zero-order valence-corrected chi connectivity index (χ0v) is 13.4. The van der Waals surface area contributed by atoms with Gasteiger partial charge in [0.25, 0.3) is 5.91 Å². The lowest BCUT2D eigenvalue weighted by molar-refractivity contribution is 0.0907. The highest BCUT2D eigenvalue weighted by Gasteiger charge is 2.12. The van der Waals surface area contributed by atoms with Crippen LogP contribution in [0.1, 0.15) is 35.7 Å². The standard InChI is InChI=1S/C19H23NO3/c1-2-8-16(21)13-20-19(22)18-12-7-6-9-15(18)14-23-17-10-4-3-5-11-17/h3-7,9-12,16,21H,2,8,13-14H2,1H3,(H,20,22). The topological polar surface area (TPSA) is 58.6 Å². The molecule has 0 saturated carbocycles. The number of benzene rings is 2. The second-order valence-corrected chi connectivity index (χ2v) is 5.41. The molecule has 0 saturated heterocycles. The molecule has 2 rings (SSSR count). The first-order chi connectivity index (χ1) is 11.2. The summed E-state index contributed by atoms with van der Waals surface area (Å²) < 4.78 is 5.72. The van der Waals surface area contributed by atoms with Crippen LogP contribution >= 0.6 is 0 Å². The van der Waals surface area contributed by atoms with Crippen LogP contribution in [0, 0.1) is 0 Å². The van der Waals surface area contributed by atoms with Crippen LogP contribution in [0.5, 0.6) is 5.75 Å². The van der Waals surface area contributed by atoms with Crippen LogP contribution < -0.4 is 10.1 Å². The van der Waals surface area contributed by atoms with Gasteiger partial charge in [0.1, 0.15) is 12.4 Å². The molecule has 122 valence electrons. The molecule has 23 heavy (non-hydrogen) atoms. The Balaban J connectivity index is 1.97. The Hall–Kier alpha value is -2.33. The second-order valence-electron chi connectivity index (χ2n) is 5.41. The van der Waals surface area contributed by atoms with Crippen molar-refractivity contribution in [3.05, 3.63) is 65.7 Å². The minimum absolute atomic E-state index is 0.188. The predicted octanol–water partition coefficient (Wildman–Crippen LogP) is 3.16. The summed E-state index contributed by atoms with van der Waals surface area (Å²) in [6, 6.07) is 16.8. The van der Waals surface area contributed by atoms with Crippen molar-refractivity contribution in [2.45, 2.75) is 32.5 Å². The summed E-state index contributed by atoms with van der Waals surface area (Å²) in [6.45, 7) is 2.59. The lowest BCUT2D eigenvalue weighted by Gasteiger charge is -2.13. The predicted molar refractivity (Wildman–Crippen MR) is 90.5 cm³/mol. The Morgan fingerprint density at radius 1 is 1.13 bits per heavy atom. The maximum atomic E-state index is 12.3. The smallest absolute Gasteiger partial charge is 0.251 e. The average molecular weight is 313 g/mol. The number of hydrogen-bond acceptors (Lipinski definition) is 3. The van der Waals surface area contributed by atoms with Gasteiger partial charge in [0.05, 0.1) is 6.10 Å². The molecule has 1 atom stereocenters. The molecule has 0 heterocycles. The third-order valence-electron chi connectivity index (χ3n) is 3.52. The molecule has 1 amide bonds. The number of carbonyl (C=O) groups excluding carboxylic acids is 1. The molecule has 4 heteroatoms. The van der Waals surface area contributed by atoms with Crippen molar-refractivity contribution in [3.8, 4) is 5.75 Å². The molecule has 0 aliphatic heterocycles. The molecule has 0 spiro atoms. The quantitative estimate of drug-likeness (QED) is 0.787. The normalized spacial score (nSPS) is 11.7. The summed E-state index contributed by atoms with van der Waals surface area (Å²) in [7, 11) is 0. The monoisotopic (exact) mass is 313 g/mol. The molecule has 0 aliphatic carbocycles. The van der Waals surface area contributed by atoms with E-state index in [-0.39, 0.29) is 12.5 Å². The molecule has 2 N–H and O–H groups in total. The van der Waals surface area contributed by atoms with Gasteiger partial charge in [-0.15, -0.1) is 0 Å². The maximum absolute atomic E-state index is 12.3. The summed E-state index contributed by atoms with van der Waals surface area (Å²) in [5, 5.41) is 12.5. The van der Waals surface area contributed by atoms with Crippen LogP contribution in [-0.2, 0) is 6.61 Å². The maximum Gasteiger partial charge on any atom is 0.251 e. The van der Waals surface area contributed by atoms with Crippen LogP contribution in [0.25, 0.3) is 0 Å². The van der Waals surface area contributed by atoms with E-state index in [1.54, 1.807) is 6.07 Å². The van der Waals surface area contributed by atoms with Crippen molar-refractivity contribution in [1.29, 1.82) is 0 Å². The molecule has 2 aromatic carbocycles. The van der Waals surface area contributed by atoms with Gasteiger partial charge in [0.2, 0.25) is 0 Å². The molecule has 1 unspecified atom stereocenters. The molecule has 2 aromatic rings. The fraction of sp³-hybridized carbons (Fsp3) is 0.316. The number of amides is 1. The van der Waals surface area contributed by atoms with Gasteiger partial charge in [-0.05, 0) is 24.6 Å². The van der Waals surface area contributed by atoms with Gasteiger partial charge >= 0.3 is 0 Å². The Labute approximate surface area is 137 Å². The van der Waals surface area contributed by atoms with E-state index in [0.29, 0.717) is 18.6 Å². The number of aliphatic hydroxyl groups is 1. The molecular weight excluding hydrogens is 290 g/mol. The Morgan fingerprint density at radius 3 is 2.57 bits per heavy atom. The van der Waals surface area contributed by atoms with Gasteiger partial charge in [-0.25, -0.2) is 0 Å². The number of carbonyl (C=O) groups is 1. The van der Waals surface area contributed by atoms with E-state index in [4.69, 9.17) is 4.74 Å². The van der Waals surface area contributed by atoms with Crippen molar-refractivity contribution in [2.24, 2.45) is 0 Å². The highest BCUT2D eigenvalue weighted by Crippen LogP contribution is 2.14. The number of ether oxygens (including phenoxy) is 1. The molecule has 4 nitrogen and oxygen atoms in total. The van der Waals surface area contributed by atoms with Crippen LogP contribution in [0.15, 0.2) is 54.6 Å². The first kappa shape index (κ1) is 17.0. The minimum Gasteiger partial charge on any atom is -0.489 e. The van der Waals surface area contributed by atoms with Gasteiger partial charge in [-0.3, -0.25) is 4.79 Å². The SMILES string of the molecule is CCCC(O)CNC(=O)c1ccccc1COc1ccccc1. The Bertz CT molecular complexity index is 613. The first-order valence-corrected chi connectivity index (χ1v) is 7.92. The molecule has 0 aliphatic rings. The van der Waals surface area contributed by atoms with E-state index in [0.717, 1.165) is 17.7 Å². The van der Waals surface area contributed by atoms with Gasteiger partial charge in [-0.1, -0.05) is 49.7 Å². The summed E-state index contributed by atoms with van der Waals surface area (Å²) in [4.78, 5) is 12.3. The van der Waals surface area contributed by atoms with E-state index in [1.165, 1.54) is 0 Å². The summed E-state index contributed by atoms with van der Waals surface area (Å²) in [5.41, 5.74) is 1.39. The van der Waals surface area contributed by atoms with Crippen molar-refractivity contribution in [1.82, 2.24) is 5.32 Å². The third kappa shape index (κ3) is 5.42. The largest absolute Gasteiger partial charge is 0.489 e. The zero-order chi connectivity index (χ0) is 16.5. The molecule has 0 bridgehead atoms. The van der Waals surface area contributed by atoms with Crippen molar-refractivity contribution in [2.75, 3.05) is 6.54 Å². The second kappa shape index (κ2) is 8.96. The van der Waals surface area contributed by atoms with E-state index >= 15 is 0 Å². The fourth-order valence-electron chi connectivity index (χ4n) is 2.29. The first-order valence-electron chi connectivity index (χ1n) is 7.92. The fourth-order valence-corrected chi connectivity index (χ4v) is 2.29. The third-order valence-corrected chi connectivity index (χ3v) is 3.52. The van der Waals surface area contributed by atoms with Crippen LogP contribution in [0.4, 0.5) is 0 Å². The van der Waals surface area contributed by atoms with Crippen molar-refractivity contribution >= 4 is 5.91 Å². The minimum atomic E-state index is -0.503. The number of para-hydroxylation sites is 1.